The normalized spacial score (nSPS) is 12.2. The first-order valence-electron chi connectivity index (χ1n) is 11.4. The molecule has 0 aliphatic carbocycles. The van der Waals surface area contributed by atoms with Gasteiger partial charge in [-0.1, -0.05) is 92.9 Å². The number of hydrogen-bond donors (Lipinski definition) is 0. The minimum atomic E-state index is -1.98. The molecule has 0 unspecified atom stereocenters. The highest BCUT2D eigenvalue weighted by atomic mass is 28.4. The molecule has 0 N–H and O–H groups in total. The summed E-state index contributed by atoms with van der Waals surface area (Å²) in [5.74, 6) is 0. The zero-order chi connectivity index (χ0) is 19.9. The number of hydrogen-bond acceptors (Lipinski definition) is 3. The predicted octanol–water partition coefficient (Wildman–Crippen LogP) is 8.27. The van der Waals surface area contributed by atoms with Gasteiger partial charge in [0.05, 0.1) is 0 Å². The summed E-state index contributed by atoms with van der Waals surface area (Å²) in [6.07, 6.45) is 9.61. The molecular weight excluding hydrogens is 356 g/mol. The smallest absolute Gasteiger partial charge is 0.480 e. The number of carbonyl (C=O) groups is 1. The third kappa shape index (κ3) is 9.58. The lowest BCUT2D eigenvalue weighted by Crippen LogP contribution is -2.44. The Hall–Kier alpha value is -0.296. The third-order valence-corrected chi connectivity index (χ3v) is 15.0. The predicted molar refractivity (Wildman–Crippen MR) is 119 cm³/mol. The molecule has 0 heterocycles. The van der Waals surface area contributed by atoms with Crippen molar-refractivity contribution in [2.24, 2.45) is 0 Å². The highest BCUT2D eigenvalue weighted by Gasteiger charge is 2.39. The van der Waals surface area contributed by atoms with E-state index in [0.29, 0.717) is 0 Å². The fraction of sp³-hybridized carbons (Fsp3) is 0.952. The van der Waals surface area contributed by atoms with Crippen molar-refractivity contribution in [2.45, 2.75) is 129 Å². The van der Waals surface area contributed by atoms with E-state index in [1.165, 1.54) is 51.4 Å². The highest BCUT2D eigenvalue weighted by molar-refractivity contribution is 6.77. The molecular formula is C21H46O3Si2. The average molecular weight is 403 g/mol. The first kappa shape index (κ1) is 25.7. The molecule has 0 atom stereocenters. The molecule has 3 nitrogen and oxygen atoms in total. The fourth-order valence-corrected chi connectivity index (χ4v) is 9.58. The van der Waals surface area contributed by atoms with Crippen LogP contribution in [0.25, 0.3) is 0 Å². The lowest BCUT2D eigenvalue weighted by atomic mass is 10.2. The van der Waals surface area contributed by atoms with Gasteiger partial charge in [-0.15, -0.1) is 0 Å². The minimum Gasteiger partial charge on any atom is -0.490 e. The third-order valence-electron chi connectivity index (χ3n) is 6.15. The first-order chi connectivity index (χ1) is 12.5. The molecule has 0 spiro atoms. The Morgan fingerprint density at radius 1 is 0.577 bits per heavy atom. The van der Waals surface area contributed by atoms with Crippen molar-refractivity contribution in [3.8, 4) is 0 Å². The Morgan fingerprint density at radius 2 is 0.923 bits per heavy atom. The van der Waals surface area contributed by atoms with Gasteiger partial charge in [0.2, 0.25) is 0 Å². The Morgan fingerprint density at radius 3 is 1.19 bits per heavy atom. The maximum atomic E-state index is 12.7. The van der Waals surface area contributed by atoms with Crippen molar-refractivity contribution in [1.29, 1.82) is 0 Å². The summed E-state index contributed by atoms with van der Waals surface area (Å²) in [5.41, 5.74) is 0. The van der Waals surface area contributed by atoms with Crippen LogP contribution in [0, 0.1) is 0 Å². The maximum Gasteiger partial charge on any atom is 0.480 e. The van der Waals surface area contributed by atoms with Crippen LogP contribution >= 0.6 is 0 Å². The van der Waals surface area contributed by atoms with Gasteiger partial charge in [0.25, 0.3) is 16.6 Å². The van der Waals surface area contributed by atoms with Crippen LogP contribution in [0.2, 0.25) is 36.3 Å². The van der Waals surface area contributed by atoms with Gasteiger partial charge in [0.1, 0.15) is 0 Å². The van der Waals surface area contributed by atoms with Crippen LogP contribution in [0.3, 0.4) is 0 Å². The van der Waals surface area contributed by atoms with E-state index in [9.17, 15) is 4.79 Å². The van der Waals surface area contributed by atoms with Crippen molar-refractivity contribution >= 4 is 22.8 Å². The summed E-state index contributed by atoms with van der Waals surface area (Å²) in [4.78, 5) is 12.7. The minimum absolute atomic E-state index is 0.332. The highest BCUT2D eigenvalue weighted by Crippen LogP contribution is 2.30. The zero-order valence-corrected chi connectivity index (χ0v) is 20.6. The molecule has 0 rings (SSSR count). The van der Waals surface area contributed by atoms with Crippen molar-refractivity contribution < 1.29 is 13.6 Å². The molecule has 26 heavy (non-hydrogen) atoms. The molecule has 5 heteroatoms. The second-order valence-electron chi connectivity index (χ2n) is 7.86. The van der Waals surface area contributed by atoms with E-state index in [0.717, 1.165) is 36.3 Å². The van der Waals surface area contributed by atoms with Crippen LogP contribution in [-0.2, 0) is 8.85 Å². The Bertz CT molecular complexity index is 321. The van der Waals surface area contributed by atoms with Gasteiger partial charge >= 0.3 is 6.16 Å². The van der Waals surface area contributed by atoms with Crippen LogP contribution in [0.5, 0.6) is 0 Å². The van der Waals surface area contributed by atoms with Gasteiger partial charge in [-0.3, -0.25) is 0 Å². The van der Waals surface area contributed by atoms with E-state index in [2.05, 4.69) is 41.5 Å². The van der Waals surface area contributed by atoms with Crippen molar-refractivity contribution in [3.63, 3.8) is 0 Å². The summed E-state index contributed by atoms with van der Waals surface area (Å²) < 4.78 is 12.2. The molecule has 0 fully saturated rings. The van der Waals surface area contributed by atoms with Gasteiger partial charge in [-0.2, -0.15) is 0 Å². The summed E-state index contributed by atoms with van der Waals surface area (Å²) in [6, 6.07) is 6.22. The second-order valence-corrected chi connectivity index (χ2v) is 16.8. The van der Waals surface area contributed by atoms with Gasteiger partial charge in [0.15, 0.2) is 0 Å². The standard InChI is InChI=1S/C21H46O3Si2/c1-7-13-15-17-19-25(9-3,10-4)23-21(22)24-26(11-5,12-6)20-18-16-14-8-2/h7-20H2,1-6H3. The molecule has 0 aromatic rings. The van der Waals surface area contributed by atoms with Crippen molar-refractivity contribution in [2.75, 3.05) is 0 Å². The summed E-state index contributed by atoms with van der Waals surface area (Å²) in [7, 11) is -3.96. The molecule has 0 radical (unpaired) electrons. The van der Waals surface area contributed by atoms with Gasteiger partial charge in [-0.25, -0.2) is 4.79 Å². The van der Waals surface area contributed by atoms with E-state index in [4.69, 9.17) is 8.85 Å². The largest absolute Gasteiger partial charge is 0.490 e. The fourth-order valence-electron chi connectivity index (χ4n) is 3.72. The average Bonchev–Trinajstić information content (AvgIpc) is 2.66. The second kappa shape index (κ2) is 14.7. The van der Waals surface area contributed by atoms with E-state index in [-0.39, 0.29) is 6.16 Å². The van der Waals surface area contributed by atoms with E-state index in [1.807, 2.05) is 0 Å². The van der Waals surface area contributed by atoms with E-state index < -0.39 is 16.6 Å². The summed E-state index contributed by atoms with van der Waals surface area (Å²) in [6.45, 7) is 13.2. The van der Waals surface area contributed by atoms with E-state index >= 15 is 0 Å². The molecule has 0 aromatic heterocycles. The number of carbonyl (C=O) groups excluding carboxylic acids is 1. The monoisotopic (exact) mass is 402 g/mol. The Kier molecular flexibility index (Phi) is 14.6. The summed E-state index contributed by atoms with van der Waals surface area (Å²) >= 11 is 0. The van der Waals surface area contributed by atoms with Gasteiger partial charge in [0, 0.05) is 0 Å². The molecule has 0 aliphatic heterocycles. The molecule has 0 aliphatic rings. The molecule has 0 bridgehead atoms. The Balaban J connectivity index is 4.77. The van der Waals surface area contributed by atoms with E-state index in [1.54, 1.807) is 0 Å². The van der Waals surface area contributed by atoms with Crippen LogP contribution in [0.1, 0.15) is 92.9 Å². The zero-order valence-electron chi connectivity index (χ0n) is 18.6. The number of unbranched alkanes of at least 4 members (excludes halogenated alkanes) is 6. The Labute approximate surface area is 165 Å². The van der Waals surface area contributed by atoms with Crippen molar-refractivity contribution in [1.82, 2.24) is 0 Å². The molecule has 0 saturated carbocycles. The first-order valence-corrected chi connectivity index (χ1v) is 16.4. The topological polar surface area (TPSA) is 35.5 Å². The molecule has 0 aromatic carbocycles. The van der Waals surface area contributed by atoms with Crippen LogP contribution < -0.4 is 0 Å². The van der Waals surface area contributed by atoms with Crippen LogP contribution in [0.4, 0.5) is 4.79 Å². The van der Waals surface area contributed by atoms with Gasteiger partial charge in [-0.05, 0) is 36.3 Å². The quantitative estimate of drug-likeness (QED) is 0.192. The molecule has 0 saturated heterocycles. The molecule has 0 amide bonds. The lowest BCUT2D eigenvalue weighted by molar-refractivity contribution is 0.143. The summed E-state index contributed by atoms with van der Waals surface area (Å²) in [5, 5.41) is 0. The van der Waals surface area contributed by atoms with Crippen LogP contribution in [-0.4, -0.2) is 22.8 Å². The maximum absolute atomic E-state index is 12.7. The van der Waals surface area contributed by atoms with Gasteiger partial charge < -0.3 is 8.85 Å². The van der Waals surface area contributed by atoms with Crippen molar-refractivity contribution in [3.05, 3.63) is 0 Å². The molecule has 156 valence electrons. The number of rotatable bonds is 16. The lowest BCUT2D eigenvalue weighted by Gasteiger charge is -2.33. The SMILES string of the molecule is CCCCCC[Si](CC)(CC)OC(=O)O[Si](CC)(CC)CCCCCC. The van der Waals surface area contributed by atoms with Crippen LogP contribution in [0.15, 0.2) is 0 Å².